The minimum atomic E-state index is -0.806. The van der Waals surface area contributed by atoms with Gasteiger partial charge in [0, 0.05) is 25.0 Å². The summed E-state index contributed by atoms with van der Waals surface area (Å²) < 4.78 is 0. The standard InChI is InChI=1S/C16H18N2O2/c1-12(13-6-8-17-9-7-13)18-11-15-5-3-2-4-14(15)10-16(19)20/h2-9,12,18H,10-11H2,1H3,(H,19,20)/t12-/m0/s1. The molecule has 0 spiro atoms. The second-order valence-electron chi connectivity index (χ2n) is 4.72. The van der Waals surface area contributed by atoms with Crippen molar-refractivity contribution in [3.63, 3.8) is 0 Å². The highest BCUT2D eigenvalue weighted by atomic mass is 16.4. The molecule has 1 atom stereocenters. The summed E-state index contributed by atoms with van der Waals surface area (Å²) in [5, 5.41) is 12.3. The minimum absolute atomic E-state index is 0.0570. The molecule has 0 saturated carbocycles. The molecule has 0 bridgehead atoms. The highest BCUT2D eigenvalue weighted by molar-refractivity contribution is 5.70. The predicted octanol–water partition coefficient (Wildman–Crippen LogP) is 2.56. The van der Waals surface area contributed by atoms with Crippen molar-refractivity contribution in [2.45, 2.75) is 25.9 Å². The summed E-state index contributed by atoms with van der Waals surface area (Å²) in [5.41, 5.74) is 3.04. The number of carboxylic acids is 1. The highest BCUT2D eigenvalue weighted by Crippen LogP contribution is 2.14. The van der Waals surface area contributed by atoms with Crippen LogP contribution in [-0.2, 0) is 17.8 Å². The van der Waals surface area contributed by atoms with Gasteiger partial charge in [-0.25, -0.2) is 0 Å². The quantitative estimate of drug-likeness (QED) is 0.847. The molecule has 0 aliphatic heterocycles. The fourth-order valence-electron chi connectivity index (χ4n) is 2.10. The third-order valence-corrected chi connectivity index (χ3v) is 3.26. The molecule has 1 aromatic heterocycles. The number of aliphatic carboxylic acids is 1. The van der Waals surface area contributed by atoms with Gasteiger partial charge in [0.15, 0.2) is 0 Å². The first-order valence-electron chi connectivity index (χ1n) is 6.58. The normalized spacial score (nSPS) is 12.1. The largest absolute Gasteiger partial charge is 0.481 e. The summed E-state index contributed by atoms with van der Waals surface area (Å²) in [5.74, 6) is -0.806. The summed E-state index contributed by atoms with van der Waals surface area (Å²) >= 11 is 0. The first kappa shape index (κ1) is 14.2. The monoisotopic (exact) mass is 270 g/mol. The lowest BCUT2D eigenvalue weighted by molar-refractivity contribution is -0.136. The number of rotatable bonds is 6. The number of carboxylic acid groups (broad SMARTS) is 1. The number of pyridine rings is 1. The number of hydrogen-bond donors (Lipinski definition) is 2. The van der Waals surface area contributed by atoms with Crippen LogP contribution in [0.1, 0.15) is 29.7 Å². The zero-order valence-electron chi connectivity index (χ0n) is 11.4. The van der Waals surface area contributed by atoms with Gasteiger partial charge in [-0.05, 0) is 35.7 Å². The molecule has 0 aliphatic carbocycles. The summed E-state index contributed by atoms with van der Waals surface area (Å²) in [6.45, 7) is 2.72. The van der Waals surface area contributed by atoms with Crippen molar-refractivity contribution in [2.75, 3.05) is 0 Å². The van der Waals surface area contributed by atoms with E-state index >= 15 is 0 Å². The molecule has 0 aliphatic rings. The third-order valence-electron chi connectivity index (χ3n) is 3.26. The van der Waals surface area contributed by atoms with Gasteiger partial charge in [-0.2, -0.15) is 0 Å². The zero-order chi connectivity index (χ0) is 14.4. The van der Waals surface area contributed by atoms with Crippen molar-refractivity contribution in [1.29, 1.82) is 0 Å². The molecule has 2 N–H and O–H groups in total. The van der Waals surface area contributed by atoms with Crippen LogP contribution in [0.4, 0.5) is 0 Å². The van der Waals surface area contributed by atoms with Gasteiger partial charge in [0.05, 0.1) is 6.42 Å². The lowest BCUT2D eigenvalue weighted by Gasteiger charge is -2.15. The second-order valence-corrected chi connectivity index (χ2v) is 4.72. The van der Waals surface area contributed by atoms with Crippen LogP contribution in [0, 0.1) is 0 Å². The van der Waals surface area contributed by atoms with Gasteiger partial charge in [-0.1, -0.05) is 24.3 Å². The zero-order valence-corrected chi connectivity index (χ0v) is 11.4. The van der Waals surface area contributed by atoms with Crippen molar-refractivity contribution >= 4 is 5.97 Å². The van der Waals surface area contributed by atoms with E-state index in [-0.39, 0.29) is 12.5 Å². The Balaban J connectivity index is 2.02. The highest BCUT2D eigenvalue weighted by Gasteiger charge is 2.08. The van der Waals surface area contributed by atoms with Crippen LogP contribution < -0.4 is 5.32 Å². The molecule has 1 heterocycles. The van der Waals surface area contributed by atoms with Crippen LogP contribution in [-0.4, -0.2) is 16.1 Å². The SMILES string of the molecule is C[C@H](NCc1ccccc1CC(=O)O)c1ccncc1. The molecule has 0 unspecified atom stereocenters. The average molecular weight is 270 g/mol. The molecule has 4 nitrogen and oxygen atoms in total. The van der Waals surface area contributed by atoms with Crippen molar-refractivity contribution in [3.05, 3.63) is 65.5 Å². The molecule has 2 aromatic rings. The topological polar surface area (TPSA) is 62.2 Å². The maximum atomic E-state index is 10.9. The van der Waals surface area contributed by atoms with E-state index in [0.717, 1.165) is 16.7 Å². The molecular weight excluding hydrogens is 252 g/mol. The minimum Gasteiger partial charge on any atom is -0.481 e. The number of nitrogens with zero attached hydrogens (tertiary/aromatic N) is 1. The fourth-order valence-corrected chi connectivity index (χ4v) is 2.10. The van der Waals surface area contributed by atoms with Gasteiger partial charge in [-0.15, -0.1) is 0 Å². The summed E-state index contributed by atoms with van der Waals surface area (Å²) in [6.07, 6.45) is 3.60. The van der Waals surface area contributed by atoms with Crippen LogP contribution in [0.2, 0.25) is 0 Å². The number of hydrogen-bond acceptors (Lipinski definition) is 3. The van der Waals surface area contributed by atoms with Crippen LogP contribution in [0.25, 0.3) is 0 Å². The maximum absolute atomic E-state index is 10.9. The van der Waals surface area contributed by atoms with Gasteiger partial charge >= 0.3 is 5.97 Å². The van der Waals surface area contributed by atoms with Gasteiger partial charge < -0.3 is 10.4 Å². The Morgan fingerprint density at radius 2 is 1.85 bits per heavy atom. The van der Waals surface area contributed by atoms with Crippen molar-refractivity contribution in [3.8, 4) is 0 Å². The van der Waals surface area contributed by atoms with Gasteiger partial charge in [0.25, 0.3) is 0 Å². The first-order valence-corrected chi connectivity index (χ1v) is 6.58. The smallest absolute Gasteiger partial charge is 0.307 e. The average Bonchev–Trinajstić information content (AvgIpc) is 2.46. The third kappa shape index (κ3) is 3.90. The molecule has 0 amide bonds. The van der Waals surface area contributed by atoms with E-state index in [9.17, 15) is 4.79 Å². The van der Waals surface area contributed by atoms with Crippen molar-refractivity contribution in [1.82, 2.24) is 10.3 Å². The molecule has 0 radical (unpaired) electrons. The lowest BCUT2D eigenvalue weighted by Crippen LogP contribution is -2.19. The Kier molecular flexibility index (Phi) is 4.85. The van der Waals surface area contributed by atoms with Crippen molar-refractivity contribution in [2.24, 2.45) is 0 Å². The van der Waals surface area contributed by atoms with E-state index < -0.39 is 5.97 Å². The van der Waals surface area contributed by atoms with Crippen LogP contribution in [0.15, 0.2) is 48.8 Å². The number of benzene rings is 1. The van der Waals surface area contributed by atoms with E-state index in [2.05, 4.69) is 17.2 Å². The van der Waals surface area contributed by atoms with Gasteiger partial charge in [0.1, 0.15) is 0 Å². The van der Waals surface area contributed by atoms with Crippen molar-refractivity contribution < 1.29 is 9.90 Å². The van der Waals surface area contributed by atoms with E-state index in [1.807, 2.05) is 36.4 Å². The molecule has 4 heteroatoms. The molecule has 2 rings (SSSR count). The van der Waals surface area contributed by atoms with E-state index in [4.69, 9.17) is 5.11 Å². The Labute approximate surface area is 118 Å². The van der Waals surface area contributed by atoms with Crippen LogP contribution in [0.3, 0.4) is 0 Å². The number of carbonyl (C=O) groups is 1. The molecule has 104 valence electrons. The summed E-state index contributed by atoms with van der Waals surface area (Å²) in [6, 6.07) is 11.8. The Morgan fingerprint density at radius 3 is 2.50 bits per heavy atom. The Morgan fingerprint density at radius 1 is 1.20 bits per heavy atom. The Bertz CT molecular complexity index is 570. The van der Waals surface area contributed by atoms with E-state index in [1.165, 1.54) is 0 Å². The molecule has 0 fully saturated rings. The molecule has 0 saturated heterocycles. The molecule has 1 aromatic carbocycles. The van der Waals surface area contributed by atoms with E-state index in [1.54, 1.807) is 12.4 Å². The van der Waals surface area contributed by atoms with Gasteiger partial charge in [0.2, 0.25) is 0 Å². The van der Waals surface area contributed by atoms with Crippen LogP contribution >= 0.6 is 0 Å². The molecule has 20 heavy (non-hydrogen) atoms. The summed E-state index contributed by atoms with van der Waals surface area (Å²) in [4.78, 5) is 14.9. The fraction of sp³-hybridized carbons (Fsp3) is 0.250. The second kappa shape index (κ2) is 6.82. The Hall–Kier alpha value is -2.20. The van der Waals surface area contributed by atoms with Crippen LogP contribution in [0.5, 0.6) is 0 Å². The van der Waals surface area contributed by atoms with E-state index in [0.29, 0.717) is 6.54 Å². The number of aromatic nitrogens is 1. The van der Waals surface area contributed by atoms with Gasteiger partial charge in [-0.3, -0.25) is 9.78 Å². The first-order chi connectivity index (χ1) is 9.66. The predicted molar refractivity (Wildman–Crippen MR) is 77.3 cm³/mol. The maximum Gasteiger partial charge on any atom is 0.307 e. The summed E-state index contributed by atoms with van der Waals surface area (Å²) in [7, 11) is 0. The number of nitrogens with one attached hydrogen (secondary N) is 1. The lowest BCUT2D eigenvalue weighted by atomic mass is 10.0. The molecular formula is C16H18N2O2.